The monoisotopic (exact) mass is 249 g/mol. The van der Waals surface area contributed by atoms with Gasteiger partial charge in [-0.25, -0.2) is 8.93 Å². The summed E-state index contributed by atoms with van der Waals surface area (Å²) in [5, 5.41) is 0. The highest BCUT2D eigenvalue weighted by Crippen LogP contribution is 2.10. The van der Waals surface area contributed by atoms with Crippen molar-refractivity contribution in [2.75, 3.05) is 6.61 Å². The molecule has 0 bridgehead atoms. The number of carbonyl (C=O) groups is 1. The van der Waals surface area contributed by atoms with Crippen molar-refractivity contribution < 1.29 is 13.7 Å². The molecule has 4 nitrogen and oxygen atoms in total. The molecule has 0 aromatic rings. The van der Waals surface area contributed by atoms with E-state index in [-0.39, 0.29) is 16.8 Å². The summed E-state index contributed by atoms with van der Waals surface area (Å²) in [7, 11) is -1.09. The van der Waals surface area contributed by atoms with E-state index in [0.29, 0.717) is 19.4 Å². The molecule has 0 fully saturated rings. The second kappa shape index (κ2) is 7.01. The standard InChI is InChI=1S/C11H23NO3S/c1-6-15-10(13)8-7-9(2)12-16(14)11(3,4)5/h9,12H,6-8H2,1-5H3/t9-,16?/m1/s1. The summed E-state index contributed by atoms with van der Waals surface area (Å²) >= 11 is 0. The average Bonchev–Trinajstić information content (AvgIpc) is 2.13. The lowest BCUT2D eigenvalue weighted by atomic mass is 10.2. The van der Waals surface area contributed by atoms with Crippen molar-refractivity contribution in [3.05, 3.63) is 0 Å². The van der Waals surface area contributed by atoms with Crippen LogP contribution in [0.4, 0.5) is 0 Å². The van der Waals surface area contributed by atoms with Crippen LogP contribution in [-0.4, -0.2) is 27.6 Å². The molecule has 16 heavy (non-hydrogen) atoms. The molecule has 96 valence electrons. The number of ether oxygens (including phenoxy) is 1. The smallest absolute Gasteiger partial charge is 0.305 e. The molecule has 1 N–H and O–H groups in total. The third-order valence-corrected chi connectivity index (χ3v) is 3.68. The maximum absolute atomic E-state index is 11.7. The molecule has 0 spiro atoms. The van der Waals surface area contributed by atoms with E-state index in [1.807, 2.05) is 27.7 Å². The third-order valence-electron chi connectivity index (χ3n) is 1.95. The zero-order valence-corrected chi connectivity index (χ0v) is 11.6. The molecule has 0 aliphatic rings. The fourth-order valence-electron chi connectivity index (χ4n) is 0.986. The summed E-state index contributed by atoms with van der Waals surface area (Å²) in [5.74, 6) is -0.197. The van der Waals surface area contributed by atoms with Crippen molar-refractivity contribution in [3.8, 4) is 0 Å². The number of nitrogens with one attached hydrogen (secondary N) is 1. The minimum Gasteiger partial charge on any atom is -0.466 e. The van der Waals surface area contributed by atoms with Gasteiger partial charge in [-0.15, -0.1) is 0 Å². The van der Waals surface area contributed by atoms with Gasteiger partial charge in [0.25, 0.3) is 0 Å². The van der Waals surface area contributed by atoms with Crippen molar-refractivity contribution >= 4 is 17.0 Å². The van der Waals surface area contributed by atoms with E-state index in [4.69, 9.17) is 4.74 Å². The van der Waals surface area contributed by atoms with Crippen LogP contribution in [0.2, 0.25) is 0 Å². The Balaban J connectivity index is 3.87. The molecule has 0 aromatic heterocycles. The number of rotatable bonds is 6. The van der Waals surface area contributed by atoms with Gasteiger partial charge in [-0.3, -0.25) is 4.79 Å². The summed E-state index contributed by atoms with van der Waals surface area (Å²) in [6.07, 6.45) is 1.00. The van der Waals surface area contributed by atoms with Crippen molar-refractivity contribution in [1.82, 2.24) is 4.72 Å². The molecule has 0 saturated carbocycles. The highest BCUT2D eigenvalue weighted by Gasteiger charge is 2.21. The Morgan fingerprint density at radius 2 is 2.00 bits per heavy atom. The van der Waals surface area contributed by atoms with Crippen LogP contribution in [0.25, 0.3) is 0 Å². The second-order valence-electron chi connectivity index (χ2n) is 4.74. The van der Waals surface area contributed by atoms with E-state index in [9.17, 15) is 9.00 Å². The van der Waals surface area contributed by atoms with Crippen molar-refractivity contribution in [3.63, 3.8) is 0 Å². The molecular weight excluding hydrogens is 226 g/mol. The number of hydrogen-bond donors (Lipinski definition) is 1. The topological polar surface area (TPSA) is 55.4 Å². The lowest BCUT2D eigenvalue weighted by Gasteiger charge is -2.21. The fraction of sp³-hybridized carbons (Fsp3) is 0.909. The quantitative estimate of drug-likeness (QED) is 0.730. The Kier molecular flexibility index (Phi) is 6.83. The van der Waals surface area contributed by atoms with Crippen molar-refractivity contribution in [1.29, 1.82) is 0 Å². The summed E-state index contributed by atoms with van der Waals surface area (Å²) in [6, 6.07) is 0.0458. The Labute approximate surface area is 101 Å². The van der Waals surface area contributed by atoms with Gasteiger partial charge in [0.2, 0.25) is 0 Å². The van der Waals surface area contributed by atoms with Gasteiger partial charge >= 0.3 is 5.97 Å². The largest absolute Gasteiger partial charge is 0.466 e. The lowest BCUT2D eigenvalue weighted by molar-refractivity contribution is -0.143. The predicted octanol–water partition coefficient (Wildman–Crippen LogP) is 1.77. The predicted molar refractivity (Wildman–Crippen MR) is 66.4 cm³/mol. The number of hydrogen-bond acceptors (Lipinski definition) is 3. The van der Waals surface area contributed by atoms with Crippen LogP contribution < -0.4 is 4.72 Å². The van der Waals surface area contributed by atoms with E-state index in [0.717, 1.165) is 0 Å². The molecule has 0 amide bonds. The molecule has 5 heteroatoms. The Morgan fingerprint density at radius 3 is 2.44 bits per heavy atom. The van der Waals surface area contributed by atoms with Gasteiger partial charge in [0.15, 0.2) is 0 Å². The summed E-state index contributed by atoms with van der Waals surface area (Å²) < 4.78 is 19.3. The maximum Gasteiger partial charge on any atom is 0.305 e. The van der Waals surface area contributed by atoms with Crippen LogP contribution in [0, 0.1) is 0 Å². The summed E-state index contributed by atoms with van der Waals surface area (Å²) in [5.41, 5.74) is 0. The van der Waals surface area contributed by atoms with Crippen molar-refractivity contribution in [2.24, 2.45) is 0 Å². The summed E-state index contributed by atoms with van der Waals surface area (Å²) in [6.45, 7) is 9.85. The van der Waals surface area contributed by atoms with E-state index in [2.05, 4.69) is 4.72 Å². The maximum atomic E-state index is 11.7. The normalized spacial score (nSPS) is 15.6. The first-order chi connectivity index (χ1) is 7.27. The van der Waals surface area contributed by atoms with Crippen LogP contribution in [0.15, 0.2) is 0 Å². The molecule has 1 unspecified atom stereocenters. The first-order valence-electron chi connectivity index (χ1n) is 5.61. The molecule has 0 heterocycles. The van der Waals surface area contributed by atoms with Gasteiger partial charge in [-0.05, 0) is 41.0 Å². The minimum absolute atomic E-state index is 0.0458. The van der Waals surface area contributed by atoms with E-state index < -0.39 is 11.0 Å². The molecule has 0 aromatic carbocycles. The molecule has 0 radical (unpaired) electrons. The fourth-order valence-corrected chi connectivity index (χ4v) is 1.82. The number of carbonyl (C=O) groups excluding carboxylic acids is 1. The van der Waals surface area contributed by atoms with Crippen LogP contribution >= 0.6 is 0 Å². The zero-order chi connectivity index (χ0) is 12.8. The average molecular weight is 249 g/mol. The van der Waals surface area contributed by atoms with E-state index >= 15 is 0 Å². The molecule has 0 saturated heterocycles. The van der Waals surface area contributed by atoms with Crippen molar-refractivity contribution in [2.45, 2.75) is 58.2 Å². The summed E-state index contributed by atoms with van der Waals surface area (Å²) in [4.78, 5) is 11.1. The van der Waals surface area contributed by atoms with Gasteiger partial charge in [0.05, 0.1) is 22.3 Å². The zero-order valence-electron chi connectivity index (χ0n) is 10.8. The SMILES string of the molecule is CCOC(=O)CC[C@@H](C)NS(=O)C(C)(C)C. The molecular formula is C11H23NO3S. The van der Waals surface area contributed by atoms with Crippen LogP contribution in [0.5, 0.6) is 0 Å². The third kappa shape index (κ3) is 6.95. The Hall–Kier alpha value is -0.420. The first-order valence-corrected chi connectivity index (χ1v) is 6.76. The van der Waals surface area contributed by atoms with Crippen LogP contribution in [-0.2, 0) is 20.5 Å². The molecule has 0 rings (SSSR count). The molecule has 2 atom stereocenters. The second-order valence-corrected chi connectivity index (χ2v) is 6.74. The molecule has 0 aliphatic heterocycles. The van der Waals surface area contributed by atoms with E-state index in [1.54, 1.807) is 6.92 Å². The Morgan fingerprint density at radius 1 is 1.44 bits per heavy atom. The van der Waals surface area contributed by atoms with Gasteiger partial charge < -0.3 is 4.74 Å². The minimum atomic E-state index is -1.09. The van der Waals surface area contributed by atoms with Gasteiger partial charge in [0.1, 0.15) is 0 Å². The highest BCUT2D eigenvalue weighted by atomic mass is 32.2. The molecule has 0 aliphatic carbocycles. The first kappa shape index (κ1) is 15.6. The van der Waals surface area contributed by atoms with E-state index in [1.165, 1.54) is 0 Å². The van der Waals surface area contributed by atoms with Gasteiger partial charge in [0, 0.05) is 12.5 Å². The Bertz CT molecular complexity index is 248. The van der Waals surface area contributed by atoms with Gasteiger partial charge in [-0.2, -0.15) is 0 Å². The van der Waals surface area contributed by atoms with Gasteiger partial charge in [-0.1, -0.05) is 0 Å². The lowest BCUT2D eigenvalue weighted by Crippen LogP contribution is -2.38. The number of esters is 1. The van der Waals surface area contributed by atoms with Crippen LogP contribution in [0.1, 0.15) is 47.5 Å². The highest BCUT2D eigenvalue weighted by molar-refractivity contribution is 7.84. The van der Waals surface area contributed by atoms with Crippen LogP contribution in [0.3, 0.4) is 0 Å².